The summed E-state index contributed by atoms with van der Waals surface area (Å²) in [6.07, 6.45) is 13.5. The summed E-state index contributed by atoms with van der Waals surface area (Å²) >= 11 is 1.98. The van der Waals surface area contributed by atoms with Gasteiger partial charge in [0.2, 0.25) is 0 Å². The Labute approximate surface area is 84.0 Å². The maximum atomic E-state index is 1.98. The van der Waals surface area contributed by atoms with Crippen molar-refractivity contribution in [1.29, 1.82) is 0 Å². The quantitative estimate of drug-likeness (QED) is 0.536. The Balaban J connectivity index is 0. The molecule has 0 aromatic carbocycles. The molecule has 0 bridgehead atoms. The second-order valence-corrected chi connectivity index (χ2v) is 5.79. The van der Waals surface area contributed by atoms with Gasteiger partial charge in [0.25, 0.3) is 0 Å². The molecule has 0 aliphatic heterocycles. The van der Waals surface area contributed by atoms with E-state index in [9.17, 15) is 0 Å². The van der Waals surface area contributed by atoms with Crippen molar-refractivity contribution in [3.63, 3.8) is 0 Å². The molecular weight excluding hydrogens is 190 g/mol. The second kappa shape index (κ2) is 6.19. The van der Waals surface area contributed by atoms with Gasteiger partial charge in [-0.3, -0.25) is 0 Å². The van der Waals surface area contributed by atoms with Crippen LogP contribution in [0.2, 0.25) is 4.47 Å². The molecule has 11 heavy (non-hydrogen) atoms. The van der Waals surface area contributed by atoms with E-state index in [1.165, 1.54) is 57.8 Å². The van der Waals surface area contributed by atoms with Crippen molar-refractivity contribution in [2.24, 2.45) is 0 Å². The van der Waals surface area contributed by atoms with Crippen LogP contribution in [0.1, 0.15) is 60.6 Å². The third-order valence-electron chi connectivity index (χ3n) is 2.65. The van der Waals surface area contributed by atoms with Gasteiger partial charge in [0.05, 0.1) is 0 Å². The van der Waals surface area contributed by atoms with Crippen LogP contribution in [0.15, 0.2) is 0 Å². The van der Waals surface area contributed by atoms with Crippen LogP contribution in [-0.2, 0) is 0 Å². The van der Waals surface area contributed by atoms with Crippen molar-refractivity contribution in [1.82, 2.24) is 0 Å². The molecule has 1 saturated carbocycles. The minimum absolute atomic E-state index is 0. The molecule has 0 unspecified atom stereocenters. The molecule has 0 aromatic heterocycles. The Kier molecular flexibility index (Phi) is 5.47. The third kappa shape index (κ3) is 4.97. The number of hydrogen-bond donors (Lipinski definition) is 0. The molecule has 1 heteroatoms. The molecule has 0 radical (unpaired) electrons. The molecule has 0 amide bonds. The maximum absolute atomic E-state index is 1.98. The van der Waals surface area contributed by atoms with Crippen LogP contribution in [0, 0.1) is 0 Å². The van der Waals surface area contributed by atoms with Gasteiger partial charge >= 0.3 is 80.9 Å². The summed E-state index contributed by atoms with van der Waals surface area (Å²) < 4.78 is 1.07. The van der Waals surface area contributed by atoms with Gasteiger partial charge in [-0.05, 0) is 0 Å². The Hall–Kier alpha value is 0.636. The molecule has 1 aliphatic carbocycles. The van der Waals surface area contributed by atoms with Crippen molar-refractivity contribution >= 4 is 18.6 Å². The van der Waals surface area contributed by atoms with E-state index in [0.717, 1.165) is 4.47 Å². The van der Waals surface area contributed by atoms with Crippen LogP contribution in [0.3, 0.4) is 0 Å². The Bertz CT molecular complexity index is 88.9. The molecule has 0 spiro atoms. The molecule has 0 nitrogen and oxygen atoms in total. The largest absolute Gasteiger partial charge is 1.00 e. The Morgan fingerprint density at radius 3 is 1.55 bits per heavy atom. The Morgan fingerprint density at radius 2 is 1.09 bits per heavy atom. The zero-order valence-electron chi connectivity index (χ0n) is 9.52. The van der Waals surface area contributed by atoms with Crippen molar-refractivity contribution in [2.75, 3.05) is 0 Å². The normalized spacial score (nSPS) is 24.9. The smallest absolute Gasteiger partial charge is 1.00 e. The Morgan fingerprint density at radius 1 is 0.727 bits per heavy atom. The van der Waals surface area contributed by atoms with E-state index in [1.54, 1.807) is 0 Å². The molecule has 1 rings (SSSR count). The van der Waals surface area contributed by atoms with Gasteiger partial charge in [-0.25, -0.2) is 0 Å². The SMILES string of the molecule is [Ga+2][CH]1CCCCCCCCC1.[H-].[H-]. The maximum Gasteiger partial charge on any atom is -1.00 e. The van der Waals surface area contributed by atoms with Gasteiger partial charge in [-0.15, -0.1) is 0 Å². The third-order valence-corrected chi connectivity index (χ3v) is 4.05. The van der Waals surface area contributed by atoms with Crippen molar-refractivity contribution in [3.8, 4) is 0 Å². The standard InChI is InChI=1S/C10H19.Ga.2H/c1-2-4-6-8-10-9-7-5-3-1;;;/h1H,2-10H2;;;/q;+2;2*-1. The van der Waals surface area contributed by atoms with Crippen LogP contribution in [0.25, 0.3) is 0 Å². The first-order valence-corrected chi connectivity index (χ1v) is 6.55. The molecule has 0 aromatic rings. The van der Waals surface area contributed by atoms with Crippen LogP contribution >= 0.6 is 0 Å². The van der Waals surface area contributed by atoms with E-state index in [1.807, 2.05) is 18.6 Å². The average molecular weight is 211 g/mol. The molecule has 64 valence electrons. The summed E-state index contributed by atoms with van der Waals surface area (Å²) in [5, 5.41) is 0. The van der Waals surface area contributed by atoms with E-state index in [0.29, 0.717) is 0 Å². The summed E-state index contributed by atoms with van der Waals surface area (Å²) in [5.74, 6) is 0. The number of hydrogen-bond acceptors (Lipinski definition) is 0. The molecule has 0 saturated heterocycles. The van der Waals surface area contributed by atoms with Gasteiger partial charge in [-0.2, -0.15) is 0 Å². The van der Waals surface area contributed by atoms with Crippen LogP contribution in [-0.4, -0.2) is 18.6 Å². The fraction of sp³-hybridized carbons (Fsp3) is 1.00. The fourth-order valence-corrected chi connectivity index (χ4v) is 2.83. The monoisotopic (exact) mass is 210 g/mol. The molecule has 0 heterocycles. The van der Waals surface area contributed by atoms with Crippen LogP contribution in [0.4, 0.5) is 0 Å². The van der Waals surface area contributed by atoms with E-state index in [-0.39, 0.29) is 2.85 Å². The zero-order chi connectivity index (χ0) is 7.94. The average Bonchev–Trinajstić information content (AvgIpc) is 2.03. The fourth-order valence-electron chi connectivity index (χ4n) is 1.84. The zero-order valence-corrected chi connectivity index (χ0v) is 9.94. The minimum atomic E-state index is 0. The predicted octanol–water partition coefficient (Wildman–Crippen LogP) is 3.69. The summed E-state index contributed by atoms with van der Waals surface area (Å²) in [4.78, 5) is 0. The first-order valence-electron chi connectivity index (χ1n) is 5.15. The van der Waals surface area contributed by atoms with E-state index in [2.05, 4.69) is 0 Å². The van der Waals surface area contributed by atoms with Gasteiger partial charge in [-0.1, -0.05) is 0 Å². The molecule has 1 fully saturated rings. The van der Waals surface area contributed by atoms with E-state index in [4.69, 9.17) is 0 Å². The second-order valence-electron chi connectivity index (χ2n) is 3.81. The summed E-state index contributed by atoms with van der Waals surface area (Å²) in [6, 6.07) is 0. The van der Waals surface area contributed by atoms with Gasteiger partial charge < -0.3 is 2.85 Å². The van der Waals surface area contributed by atoms with Gasteiger partial charge in [0.1, 0.15) is 0 Å². The van der Waals surface area contributed by atoms with Crippen molar-refractivity contribution < 1.29 is 2.85 Å². The van der Waals surface area contributed by atoms with E-state index >= 15 is 0 Å². The first-order chi connectivity index (χ1) is 5.39. The summed E-state index contributed by atoms with van der Waals surface area (Å²) in [7, 11) is 0. The molecule has 0 atom stereocenters. The first kappa shape index (κ1) is 9.72. The minimum Gasteiger partial charge on any atom is -1.00 e. The predicted molar refractivity (Wildman–Crippen MR) is 53.3 cm³/mol. The van der Waals surface area contributed by atoms with Crippen molar-refractivity contribution in [3.05, 3.63) is 0 Å². The molecule has 0 N–H and O–H groups in total. The van der Waals surface area contributed by atoms with Gasteiger partial charge in [0, 0.05) is 0 Å². The van der Waals surface area contributed by atoms with E-state index < -0.39 is 0 Å². The topological polar surface area (TPSA) is 0 Å². The van der Waals surface area contributed by atoms with Crippen LogP contribution < -0.4 is 0 Å². The summed E-state index contributed by atoms with van der Waals surface area (Å²) in [6.45, 7) is 0. The van der Waals surface area contributed by atoms with Crippen LogP contribution in [0.5, 0.6) is 0 Å². The number of rotatable bonds is 0. The molecule has 1 aliphatic rings. The van der Waals surface area contributed by atoms with Gasteiger partial charge in [0.15, 0.2) is 0 Å². The van der Waals surface area contributed by atoms with Crippen molar-refractivity contribution in [2.45, 2.75) is 62.3 Å². The summed E-state index contributed by atoms with van der Waals surface area (Å²) in [5.41, 5.74) is 0. The molecular formula is C10H21Ga.